The maximum atomic E-state index is 9.51. The van der Waals surface area contributed by atoms with Crippen LogP contribution in [0.3, 0.4) is 0 Å². The van der Waals surface area contributed by atoms with Crippen LogP contribution in [0.25, 0.3) is 0 Å². The third-order valence-electron chi connectivity index (χ3n) is 3.55. The van der Waals surface area contributed by atoms with Crippen molar-refractivity contribution in [2.75, 3.05) is 13.1 Å². The van der Waals surface area contributed by atoms with Gasteiger partial charge in [0.15, 0.2) is 0 Å². The van der Waals surface area contributed by atoms with Crippen LogP contribution in [0, 0.1) is 0 Å². The fourth-order valence-electron chi connectivity index (χ4n) is 2.72. The zero-order valence-corrected chi connectivity index (χ0v) is 13.0. The predicted molar refractivity (Wildman–Crippen MR) is 81.7 cm³/mol. The van der Waals surface area contributed by atoms with Gasteiger partial charge in [0, 0.05) is 12.0 Å². The van der Waals surface area contributed by atoms with Crippen molar-refractivity contribution in [3.63, 3.8) is 0 Å². The number of nitrogens with zero attached hydrogens (tertiary/aromatic N) is 1. The van der Waals surface area contributed by atoms with Crippen molar-refractivity contribution in [3.8, 4) is 5.75 Å². The van der Waals surface area contributed by atoms with E-state index in [1.807, 2.05) is 12.1 Å². The second-order valence-corrected chi connectivity index (χ2v) is 5.04. The molecule has 1 aliphatic rings. The number of rotatable bonds is 6. The van der Waals surface area contributed by atoms with Gasteiger partial charge in [0.1, 0.15) is 5.75 Å². The second kappa shape index (κ2) is 7.15. The van der Waals surface area contributed by atoms with E-state index in [1.54, 1.807) is 6.07 Å². The Bertz CT molecular complexity index is 363. The van der Waals surface area contributed by atoms with Crippen LogP contribution in [0.1, 0.15) is 44.6 Å². The molecule has 2 nitrogen and oxygen atoms in total. The molecule has 1 aromatic carbocycles. The summed E-state index contributed by atoms with van der Waals surface area (Å²) in [5, 5.41) is 9.51. The number of halogens is 1. The summed E-state index contributed by atoms with van der Waals surface area (Å²) in [6.45, 7) is 6.89. The molecule has 2 rings (SSSR count). The Hall–Kier alpha value is -0.540. The van der Waals surface area contributed by atoms with Gasteiger partial charge in [0.2, 0.25) is 0 Å². The van der Waals surface area contributed by atoms with Crippen molar-refractivity contribution < 1.29 is 5.11 Å². The van der Waals surface area contributed by atoms with Crippen LogP contribution < -0.4 is 0 Å². The molecule has 18 heavy (non-hydrogen) atoms. The first kappa shape index (κ1) is 15.5. The molecule has 0 unspecified atom stereocenters. The van der Waals surface area contributed by atoms with Gasteiger partial charge in [-0.05, 0) is 50.0 Å². The molecular weight excluding hydrogens is 290 g/mol. The zero-order valence-electron chi connectivity index (χ0n) is 11.3. The number of phenolic OH excluding ortho intramolecular Hbond substituents is 1. The van der Waals surface area contributed by atoms with E-state index in [0.717, 1.165) is 0 Å². The first-order chi connectivity index (χ1) is 8.26. The molecule has 1 aromatic rings. The minimum absolute atomic E-state index is 0. The van der Waals surface area contributed by atoms with E-state index in [4.69, 9.17) is 0 Å². The maximum absolute atomic E-state index is 9.51. The Kier molecular flexibility index (Phi) is 6.16. The molecule has 1 N–H and O–H groups in total. The highest BCUT2D eigenvalue weighted by molar-refractivity contribution is 8.93. The summed E-state index contributed by atoms with van der Waals surface area (Å²) in [6.07, 6.45) is 3.70. The third-order valence-corrected chi connectivity index (χ3v) is 3.55. The molecule has 0 aromatic heterocycles. The molecule has 0 bridgehead atoms. The van der Waals surface area contributed by atoms with Gasteiger partial charge in [-0.3, -0.25) is 4.90 Å². The summed E-state index contributed by atoms with van der Waals surface area (Å²) in [5.41, 5.74) is 1.30. The molecule has 1 aliphatic carbocycles. The summed E-state index contributed by atoms with van der Waals surface area (Å²) in [4.78, 5) is 2.61. The van der Waals surface area contributed by atoms with Crippen LogP contribution in [0.2, 0.25) is 0 Å². The van der Waals surface area contributed by atoms with Gasteiger partial charge in [-0.2, -0.15) is 0 Å². The van der Waals surface area contributed by atoms with Crippen LogP contribution in [0.15, 0.2) is 24.3 Å². The molecule has 1 fully saturated rings. The van der Waals surface area contributed by atoms with E-state index >= 15 is 0 Å². The normalized spacial score (nSPS) is 21.7. The predicted octanol–water partition coefficient (Wildman–Crippen LogP) is 3.95. The van der Waals surface area contributed by atoms with Crippen molar-refractivity contribution >= 4 is 17.0 Å². The molecule has 0 heterocycles. The molecule has 1 saturated carbocycles. The summed E-state index contributed by atoms with van der Waals surface area (Å²) in [7, 11) is 0. The van der Waals surface area contributed by atoms with Crippen molar-refractivity contribution in [1.29, 1.82) is 0 Å². The summed E-state index contributed by atoms with van der Waals surface area (Å²) >= 11 is 0. The standard InChI is InChI=1S/C15H23NO.BrH/c1-3-8-16(9-4-2)15-11-14(15)12-6-5-7-13(17)10-12;/h5-7,10,14-15,17H,3-4,8-9,11H2,1-2H3;1H/t14-,15-;/m1./s1. The fraction of sp³-hybridized carbons (Fsp3) is 0.600. The van der Waals surface area contributed by atoms with Crippen molar-refractivity contribution in [1.82, 2.24) is 4.90 Å². The molecular formula is C15H24BrNO. The van der Waals surface area contributed by atoms with E-state index in [0.29, 0.717) is 17.7 Å². The van der Waals surface area contributed by atoms with Crippen molar-refractivity contribution in [2.24, 2.45) is 0 Å². The van der Waals surface area contributed by atoms with Crippen molar-refractivity contribution in [2.45, 2.75) is 45.1 Å². The van der Waals surface area contributed by atoms with Gasteiger partial charge in [0.25, 0.3) is 0 Å². The summed E-state index contributed by atoms with van der Waals surface area (Å²) in [5.74, 6) is 1.03. The molecule has 0 spiro atoms. The van der Waals surface area contributed by atoms with Gasteiger partial charge in [-0.1, -0.05) is 26.0 Å². The van der Waals surface area contributed by atoms with Crippen LogP contribution in [-0.4, -0.2) is 29.1 Å². The van der Waals surface area contributed by atoms with Gasteiger partial charge >= 0.3 is 0 Å². The Morgan fingerprint density at radius 2 is 1.89 bits per heavy atom. The molecule has 0 radical (unpaired) electrons. The smallest absolute Gasteiger partial charge is 0.115 e. The average molecular weight is 314 g/mol. The average Bonchev–Trinajstić information content (AvgIpc) is 3.09. The van der Waals surface area contributed by atoms with Gasteiger partial charge in [-0.15, -0.1) is 17.0 Å². The first-order valence-corrected chi connectivity index (χ1v) is 6.79. The lowest BCUT2D eigenvalue weighted by Crippen LogP contribution is -2.28. The summed E-state index contributed by atoms with van der Waals surface area (Å²) < 4.78 is 0. The highest BCUT2D eigenvalue weighted by atomic mass is 79.9. The quantitative estimate of drug-likeness (QED) is 0.859. The summed E-state index contributed by atoms with van der Waals surface area (Å²) in [6, 6.07) is 8.46. The van der Waals surface area contributed by atoms with E-state index in [1.165, 1.54) is 37.9 Å². The number of benzene rings is 1. The molecule has 3 heteroatoms. The van der Waals surface area contributed by atoms with Crippen LogP contribution >= 0.6 is 17.0 Å². The SMILES string of the molecule is Br.CCCN(CCC)[C@@H]1C[C@@H]1c1cccc(O)c1. The third kappa shape index (κ3) is 3.72. The van der Waals surface area contributed by atoms with Gasteiger partial charge in [-0.25, -0.2) is 0 Å². The fourth-order valence-corrected chi connectivity index (χ4v) is 2.72. The van der Waals surface area contributed by atoms with Crippen LogP contribution in [-0.2, 0) is 0 Å². The zero-order chi connectivity index (χ0) is 12.3. The van der Waals surface area contributed by atoms with Crippen molar-refractivity contribution in [3.05, 3.63) is 29.8 Å². The number of hydrogen-bond donors (Lipinski definition) is 1. The number of hydrogen-bond acceptors (Lipinski definition) is 2. The van der Waals surface area contributed by atoms with E-state index in [2.05, 4.69) is 24.8 Å². The Morgan fingerprint density at radius 3 is 2.44 bits per heavy atom. The lowest BCUT2D eigenvalue weighted by molar-refractivity contribution is 0.260. The number of phenols is 1. The molecule has 102 valence electrons. The largest absolute Gasteiger partial charge is 0.508 e. The van der Waals surface area contributed by atoms with Crippen LogP contribution in [0.4, 0.5) is 0 Å². The monoisotopic (exact) mass is 313 g/mol. The molecule has 0 amide bonds. The number of aromatic hydroxyl groups is 1. The minimum atomic E-state index is 0. The second-order valence-electron chi connectivity index (χ2n) is 5.04. The van der Waals surface area contributed by atoms with Gasteiger partial charge < -0.3 is 5.11 Å². The Morgan fingerprint density at radius 1 is 1.22 bits per heavy atom. The highest BCUT2D eigenvalue weighted by Gasteiger charge is 2.41. The van der Waals surface area contributed by atoms with E-state index in [-0.39, 0.29) is 17.0 Å². The van der Waals surface area contributed by atoms with Crippen LogP contribution in [0.5, 0.6) is 5.75 Å². The highest BCUT2D eigenvalue weighted by Crippen LogP contribution is 2.45. The minimum Gasteiger partial charge on any atom is -0.508 e. The van der Waals surface area contributed by atoms with E-state index in [9.17, 15) is 5.11 Å². The molecule has 0 saturated heterocycles. The van der Waals surface area contributed by atoms with Gasteiger partial charge in [0.05, 0.1) is 0 Å². The topological polar surface area (TPSA) is 23.5 Å². The van der Waals surface area contributed by atoms with E-state index < -0.39 is 0 Å². The molecule has 0 aliphatic heterocycles. The molecule has 2 atom stereocenters. The first-order valence-electron chi connectivity index (χ1n) is 6.79. The maximum Gasteiger partial charge on any atom is 0.115 e. The lowest BCUT2D eigenvalue weighted by atomic mass is 10.1. The Labute approximate surface area is 121 Å². The lowest BCUT2D eigenvalue weighted by Gasteiger charge is -2.21. The Balaban J connectivity index is 0.00000162.